The summed E-state index contributed by atoms with van der Waals surface area (Å²) < 4.78 is 7.45. The molecule has 2 aromatic carbocycles. The number of ether oxygens (including phenoxy) is 1. The summed E-state index contributed by atoms with van der Waals surface area (Å²) >= 11 is 0. The summed E-state index contributed by atoms with van der Waals surface area (Å²) in [6.07, 6.45) is 1.90. The Morgan fingerprint density at radius 3 is 2.75 bits per heavy atom. The highest BCUT2D eigenvalue weighted by atomic mass is 35.5. The van der Waals surface area contributed by atoms with Crippen molar-refractivity contribution >= 4 is 23.4 Å². The number of rotatable bonds is 7. The van der Waals surface area contributed by atoms with E-state index >= 15 is 0 Å². The van der Waals surface area contributed by atoms with Crippen LogP contribution in [0.4, 0.5) is 0 Å². The molecule has 3 aromatic rings. The Morgan fingerprint density at radius 2 is 1.92 bits per heavy atom. The predicted octanol–water partition coefficient (Wildman–Crippen LogP) is 3.02. The van der Waals surface area contributed by atoms with Crippen molar-refractivity contribution in [3.63, 3.8) is 0 Å². The zero-order valence-corrected chi connectivity index (χ0v) is 14.0. The summed E-state index contributed by atoms with van der Waals surface area (Å²) in [4.78, 5) is 0. The van der Waals surface area contributed by atoms with Crippen LogP contribution in [0.25, 0.3) is 11.0 Å². The second-order valence-electron chi connectivity index (χ2n) is 5.33. The maximum absolute atomic E-state index is 10.2. The Kier molecular flexibility index (Phi) is 6.35. The molecule has 6 heteroatoms. The van der Waals surface area contributed by atoms with E-state index in [9.17, 15) is 5.11 Å². The van der Waals surface area contributed by atoms with Gasteiger partial charge >= 0.3 is 0 Å². The van der Waals surface area contributed by atoms with Gasteiger partial charge in [-0.05, 0) is 30.2 Å². The van der Waals surface area contributed by atoms with Gasteiger partial charge in [0, 0.05) is 0 Å². The zero-order valence-electron chi connectivity index (χ0n) is 13.2. The Hall–Kier alpha value is -2.37. The highest BCUT2D eigenvalue weighted by Gasteiger charge is 2.11. The fraction of sp³-hybridized carbons (Fsp3) is 0.222. The second-order valence-corrected chi connectivity index (χ2v) is 5.33. The maximum Gasteiger partial charge on any atom is 0.122 e. The molecular weight excluding hydrogens is 326 g/mol. The lowest BCUT2D eigenvalue weighted by Gasteiger charge is -2.14. The van der Waals surface area contributed by atoms with E-state index in [0.29, 0.717) is 6.54 Å². The van der Waals surface area contributed by atoms with E-state index in [2.05, 4.69) is 16.9 Å². The zero-order chi connectivity index (χ0) is 16.1. The highest BCUT2D eigenvalue weighted by Crippen LogP contribution is 2.19. The van der Waals surface area contributed by atoms with Crippen molar-refractivity contribution in [3.05, 3.63) is 66.7 Å². The van der Waals surface area contributed by atoms with E-state index in [1.54, 1.807) is 4.68 Å². The lowest BCUT2D eigenvalue weighted by Crippen LogP contribution is -2.24. The number of halogens is 1. The number of aliphatic hydroxyl groups excluding tert-OH is 1. The number of para-hydroxylation sites is 2. The standard InChI is InChI=1S/C18H19N3O2.ClH/c1-2-7-14-8-3-6-11-18(14)23-13-15(22)12-21-17-10-5-4-9-16(17)19-20-21;/h2-6,8-11,15,22H,1,7,12-13H2;1H. The van der Waals surface area contributed by atoms with Crippen molar-refractivity contribution in [1.82, 2.24) is 15.0 Å². The Morgan fingerprint density at radius 1 is 1.17 bits per heavy atom. The molecule has 1 unspecified atom stereocenters. The SMILES string of the molecule is C=CCc1ccccc1OCC(O)Cn1nnc2ccccc21.Cl. The molecule has 24 heavy (non-hydrogen) atoms. The normalized spacial score (nSPS) is 11.7. The van der Waals surface area contributed by atoms with Crippen LogP contribution >= 0.6 is 12.4 Å². The summed E-state index contributed by atoms with van der Waals surface area (Å²) in [7, 11) is 0. The van der Waals surface area contributed by atoms with Crippen molar-refractivity contribution in [2.75, 3.05) is 6.61 Å². The lowest BCUT2D eigenvalue weighted by atomic mass is 10.1. The second kappa shape index (κ2) is 8.47. The van der Waals surface area contributed by atoms with Crippen LogP contribution in [0, 0.1) is 0 Å². The highest BCUT2D eigenvalue weighted by molar-refractivity contribution is 5.85. The van der Waals surface area contributed by atoms with Crippen LogP contribution in [0.3, 0.4) is 0 Å². The van der Waals surface area contributed by atoms with E-state index in [0.717, 1.165) is 28.8 Å². The number of hydrogen-bond acceptors (Lipinski definition) is 4. The molecule has 0 aliphatic rings. The lowest BCUT2D eigenvalue weighted by molar-refractivity contribution is 0.0895. The first-order chi connectivity index (χ1) is 11.3. The average molecular weight is 346 g/mol. The van der Waals surface area contributed by atoms with Crippen molar-refractivity contribution < 1.29 is 9.84 Å². The molecule has 5 nitrogen and oxygen atoms in total. The molecule has 0 fully saturated rings. The molecule has 0 spiro atoms. The van der Waals surface area contributed by atoms with Gasteiger partial charge in [-0.25, -0.2) is 4.68 Å². The molecule has 1 heterocycles. The van der Waals surface area contributed by atoms with Gasteiger partial charge in [0.05, 0.1) is 12.1 Å². The van der Waals surface area contributed by atoms with Crippen molar-refractivity contribution in [2.45, 2.75) is 19.1 Å². The third-order valence-corrected chi connectivity index (χ3v) is 3.57. The number of allylic oxidation sites excluding steroid dienone is 1. The predicted molar refractivity (Wildman–Crippen MR) is 96.6 cm³/mol. The van der Waals surface area contributed by atoms with Gasteiger partial charge in [0.15, 0.2) is 0 Å². The summed E-state index contributed by atoms with van der Waals surface area (Å²) in [6.45, 7) is 4.28. The van der Waals surface area contributed by atoms with Gasteiger partial charge in [-0.3, -0.25) is 0 Å². The van der Waals surface area contributed by atoms with E-state index < -0.39 is 6.10 Å². The molecule has 0 radical (unpaired) electrons. The maximum atomic E-state index is 10.2. The number of nitrogens with zero attached hydrogens (tertiary/aromatic N) is 3. The molecule has 0 bridgehead atoms. The van der Waals surface area contributed by atoms with Gasteiger partial charge in [-0.15, -0.1) is 24.1 Å². The molecule has 1 N–H and O–H groups in total. The van der Waals surface area contributed by atoms with Gasteiger partial charge in [0.25, 0.3) is 0 Å². The molecule has 0 aliphatic carbocycles. The minimum Gasteiger partial charge on any atom is -0.491 e. The van der Waals surface area contributed by atoms with Crippen LogP contribution in [-0.2, 0) is 13.0 Å². The topological polar surface area (TPSA) is 60.2 Å². The Balaban J connectivity index is 0.00000208. The van der Waals surface area contributed by atoms with E-state index in [4.69, 9.17) is 4.74 Å². The average Bonchev–Trinajstić information content (AvgIpc) is 2.98. The molecule has 0 saturated heterocycles. The third-order valence-electron chi connectivity index (χ3n) is 3.57. The van der Waals surface area contributed by atoms with Gasteiger partial charge in [0.1, 0.15) is 24.0 Å². The van der Waals surface area contributed by atoms with Gasteiger partial charge in [0.2, 0.25) is 0 Å². The number of benzene rings is 2. The molecular formula is C18H20ClN3O2. The van der Waals surface area contributed by atoms with E-state index in [1.807, 2.05) is 54.6 Å². The fourth-order valence-electron chi connectivity index (χ4n) is 2.46. The molecule has 126 valence electrons. The van der Waals surface area contributed by atoms with Crippen LogP contribution in [0.5, 0.6) is 5.75 Å². The van der Waals surface area contributed by atoms with Crippen molar-refractivity contribution in [1.29, 1.82) is 0 Å². The van der Waals surface area contributed by atoms with Crippen molar-refractivity contribution in [2.24, 2.45) is 0 Å². The smallest absolute Gasteiger partial charge is 0.122 e. The van der Waals surface area contributed by atoms with Crippen molar-refractivity contribution in [3.8, 4) is 5.75 Å². The van der Waals surface area contributed by atoms with E-state index in [1.165, 1.54) is 0 Å². The molecule has 0 amide bonds. The van der Waals surface area contributed by atoms with Crippen LogP contribution in [0.15, 0.2) is 61.2 Å². The molecule has 3 rings (SSSR count). The van der Waals surface area contributed by atoms with Crippen LogP contribution in [0.2, 0.25) is 0 Å². The number of fused-ring (bicyclic) bond motifs is 1. The van der Waals surface area contributed by atoms with Gasteiger partial charge in [-0.1, -0.05) is 41.6 Å². The monoisotopic (exact) mass is 345 g/mol. The number of hydrogen-bond donors (Lipinski definition) is 1. The first-order valence-electron chi connectivity index (χ1n) is 7.56. The molecule has 1 aromatic heterocycles. The molecule has 0 saturated carbocycles. The van der Waals surface area contributed by atoms with Gasteiger partial charge in [-0.2, -0.15) is 0 Å². The molecule has 0 aliphatic heterocycles. The summed E-state index contributed by atoms with van der Waals surface area (Å²) in [6, 6.07) is 15.4. The molecule has 1 atom stereocenters. The largest absolute Gasteiger partial charge is 0.491 e. The summed E-state index contributed by atoms with van der Waals surface area (Å²) in [5.41, 5.74) is 2.77. The van der Waals surface area contributed by atoms with Gasteiger partial charge < -0.3 is 9.84 Å². The van der Waals surface area contributed by atoms with Crippen LogP contribution in [0.1, 0.15) is 5.56 Å². The minimum atomic E-state index is -0.670. The fourth-order valence-corrected chi connectivity index (χ4v) is 2.46. The Labute approximate surface area is 147 Å². The number of aliphatic hydroxyl groups is 1. The Bertz CT molecular complexity index is 804. The summed E-state index contributed by atoms with van der Waals surface area (Å²) in [5, 5.41) is 18.4. The summed E-state index contributed by atoms with van der Waals surface area (Å²) in [5.74, 6) is 0.773. The van der Waals surface area contributed by atoms with Crippen LogP contribution in [-0.4, -0.2) is 32.8 Å². The number of aromatic nitrogens is 3. The first kappa shape index (κ1) is 18.0. The van der Waals surface area contributed by atoms with Crippen LogP contribution < -0.4 is 4.74 Å². The van der Waals surface area contributed by atoms with E-state index in [-0.39, 0.29) is 19.0 Å². The quantitative estimate of drug-likeness (QED) is 0.669. The minimum absolute atomic E-state index is 0. The third kappa shape index (κ3) is 4.13. The first-order valence-corrected chi connectivity index (χ1v) is 7.56.